The summed E-state index contributed by atoms with van der Waals surface area (Å²) >= 11 is 0. The Kier molecular flexibility index (Phi) is 8.41. The number of rotatable bonds is 8. The van der Waals surface area contributed by atoms with E-state index < -0.39 is 96.9 Å². The minimum absolute atomic E-state index is 0.00161. The van der Waals surface area contributed by atoms with E-state index in [-0.39, 0.29) is 28.0 Å². The van der Waals surface area contributed by atoms with Crippen LogP contribution in [0.3, 0.4) is 0 Å². The van der Waals surface area contributed by atoms with Gasteiger partial charge < -0.3 is 74.1 Å². The van der Waals surface area contributed by atoms with E-state index in [0.29, 0.717) is 0 Å². The van der Waals surface area contributed by atoms with Gasteiger partial charge in [-0.25, -0.2) is 0 Å². The van der Waals surface area contributed by atoms with Crippen molar-refractivity contribution >= 4 is 11.0 Å². The third-order valence-electron chi connectivity index (χ3n) is 7.31. The molecule has 8 atom stereocenters. The highest BCUT2D eigenvalue weighted by Crippen LogP contribution is 2.40. The Labute approximate surface area is 241 Å². The molecule has 0 saturated carbocycles. The number of methoxy groups -OCH3 is 1. The SMILES string of the molecule is COc1cc(O)c2c(=O)c(O[C@@H]3O[C@H](CO)[C@H](O)[C@H](O)[C@H]3O[C@@H]3OC[C@](O)(CO)[C@H]3O)c(-c3ccc(O)c(O)c3)oc2c1. The summed E-state index contributed by atoms with van der Waals surface area (Å²) in [6.07, 6.45) is -12.2. The minimum atomic E-state index is -2.11. The topological polar surface area (TPSA) is 258 Å². The molecule has 1 aromatic heterocycles. The van der Waals surface area contributed by atoms with Crippen LogP contribution in [0.4, 0.5) is 0 Å². The fraction of sp³-hybridized carbons (Fsp3) is 0.444. The lowest BCUT2D eigenvalue weighted by Crippen LogP contribution is -2.62. The van der Waals surface area contributed by atoms with Crippen LogP contribution in [0.2, 0.25) is 0 Å². The molecule has 2 aliphatic rings. The maximum atomic E-state index is 13.8. The largest absolute Gasteiger partial charge is 0.507 e. The standard InChI is InChI=1S/C27H30O16/c1-38-11-5-14(32)17-15(6-11)40-21(10-2-3-12(30)13(31)4-10)22(19(17)34)42-25-23(20(35)18(33)16(7-28)41-25)43-26-24(36)27(37,8-29)9-39-26/h2-6,16,18,20,23-26,28-33,35-37H,7-9H2,1H3/t16-,18+,20+,23-,24+,25+,26+,27-/m1/s1. The summed E-state index contributed by atoms with van der Waals surface area (Å²) in [6, 6.07) is 5.87. The number of aromatic hydroxyl groups is 3. The number of ether oxygens (including phenoxy) is 5. The Morgan fingerprint density at radius 1 is 0.977 bits per heavy atom. The van der Waals surface area contributed by atoms with Crippen LogP contribution in [0.5, 0.6) is 28.7 Å². The number of aliphatic hydroxyl groups is 6. The summed E-state index contributed by atoms with van der Waals surface area (Å²) in [5, 5.41) is 91.6. The maximum absolute atomic E-state index is 13.8. The highest BCUT2D eigenvalue weighted by molar-refractivity contribution is 5.88. The normalized spacial score (nSPS) is 30.9. The van der Waals surface area contributed by atoms with Gasteiger partial charge in [0.25, 0.3) is 0 Å². The quantitative estimate of drug-likeness (QED) is 0.128. The first-order valence-electron chi connectivity index (χ1n) is 12.9. The molecule has 9 N–H and O–H groups in total. The first kappa shape index (κ1) is 30.7. The van der Waals surface area contributed by atoms with Crippen molar-refractivity contribution in [3.8, 4) is 40.1 Å². The number of hydrogen-bond donors (Lipinski definition) is 9. The van der Waals surface area contributed by atoms with E-state index in [4.69, 9.17) is 28.1 Å². The molecule has 3 aromatic rings. The molecule has 16 heteroatoms. The molecular formula is C27H30O16. The van der Waals surface area contributed by atoms with Crippen LogP contribution in [-0.4, -0.2) is 122 Å². The van der Waals surface area contributed by atoms with Crippen molar-refractivity contribution < 1.29 is 74.1 Å². The second-order valence-electron chi connectivity index (χ2n) is 10.1. The average molecular weight is 611 g/mol. The smallest absolute Gasteiger partial charge is 0.239 e. The van der Waals surface area contributed by atoms with Gasteiger partial charge in [-0.15, -0.1) is 0 Å². The molecule has 43 heavy (non-hydrogen) atoms. The van der Waals surface area contributed by atoms with Crippen molar-refractivity contribution in [3.05, 3.63) is 40.6 Å². The lowest BCUT2D eigenvalue weighted by molar-refractivity contribution is -0.319. The third-order valence-corrected chi connectivity index (χ3v) is 7.31. The van der Waals surface area contributed by atoms with E-state index >= 15 is 0 Å². The highest BCUT2D eigenvalue weighted by atomic mass is 16.8. The molecule has 0 unspecified atom stereocenters. The van der Waals surface area contributed by atoms with Crippen molar-refractivity contribution in [3.63, 3.8) is 0 Å². The van der Waals surface area contributed by atoms with Gasteiger partial charge in [-0.05, 0) is 18.2 Å². The fourth-order valence-electron chi connectivity index (χ4n) is 4.81. The van der Waals surface area contributed by atoms with Gasteiger partial charge in [0.2, 0.25) is 17.5 Å². The highest BCUT2D eigenvalue weighted by Gasteiger charge is 2.53. The summed E-state index contributed by atoms with van der Waals surface area (Å²) in [5.74, 6) is -2.50. The van der Waals surface area contributed by atoms with Crippen LogP contribution in [0.1, 0.15) is 0 Å². The zero-order chi connectivity index (χ0) is 31.2. The van der Waals surface area contributed by atoms with Gasteiger partial charge in [-0.1, -0.05) is 0 Å². The van der Waals surface area contributed by atoms with Crippen LogP contribution in [-0.2, 0) is 14.2 Å². The molecule has 2 saturated heterocycles. The molecule has 2 aliphatic heterocycles. The van der Waals surface area contributed by atoms with Crippen LogP contribution in [0.25, 0.3) is 22.3 Å². The van der Waals surface area contributed by atoms with Gasteiger partial charge in [-0.3, -0.25) is 4.79 Å². The lowest BCUT2D eigenvalue weighted by Gasteiger charge is -2.42. The zero-order valence-electron chi connectivity index (χ0n) is 22.4. The second kappa shape index (κ2) is 11.8. The Hall–Kier alpha value is -3.71. The summed E-state index contributed by atoms with van der Waals surface area (Å²) in [6.45, 7) is -2.27. The lowest BCUT2D eigenvalue weighted by atomic mass is 9.98. The number of benzene rings is 2. The van der Waals surface area contributed by atoms with Gasteiger partial charge >= 0.3 is 0 Å². The summed E-state index contributed by atoms with van der Waals surface area (Å²) < 4.78 is 33.4. The van der Waals surface area contributed by atoms with E-state index in [0.717, 1.165) is 18.2 Å². The molecule has 0 amide bonds. The molecule has 0 radical (unpaired) electrons. The summed E-state index contributed by atoms with van der Waals surface area (Å²) in [4.78, 5) is 13.8. The molecule has 0 aliphatic carbocycles. The van der Waals surface area contributed by atoms with E-state index in [1.807, 2.05) is 0 Å². The van der Waals surface area contributed by atoms with Crippen molar-refractivity contribution in [1.82, 2.24) is 0 Å². The fourth-order valence-corrected chi connectivity index (χ4v) is 4.81. The van der Waals surface area contributed by atoms with Crippen LogP contribution >= 0.6 is 0 Å². The van der Waals surface area contributed by atoms with Gasteiger partial charge in [-0.2, -0.15) is 0 Å². The Morgan fingerprint density at radius 2 is 1.72 bits per heavy atom. The van der Waals surface area contributed by atoms with Gasteiger partial charge in [0.1, 0.15) is 52.5 Å². The Balaban J connectivity index is 1.63. The number of fused-ring (bicyclic) bond motifs is 1. The molecule has 2 fully saturated rings. The molecule has 0 bridgehead atoms. The first-order valence-corrected chi connectivity index (χ1v) is 12.9. The van der Waals surface area contributed by atoms with Gasteiger partial charge in [0.05, 0.1) is 26.9 Å². The molecule has 16 nitrogen and oxygen atoms in total. The van der Waals surface area contributed by atoms with Crippen LogP contribution in [0, 0.1) is 0 Å². The average Bonchev–Trinajstić information content (AvgIpc) is 3.27. The predicted octanol–water partition coefficient (Wildman–Crippen LogP) is -1.77. The second-order valence-corrected chi connectivity index (χ2v) is 10.1. The van der Waals surface area contributed by atoms with Crippen LogP contribution < -0.4 is 14.9 Å². The Morgan fingerprint density at radius 3 is 2.35 bits per heavy atom. The van der Waals surface area contributed by atoms with Crippen molar-refractivity contribution in [1.29, 1.82) is 0 Å². The summed E-state index contributed by atoms with van der Waals surface area (Å²) in [7, 11) is 1.32. The van der Waals surface area contributed by atoms with E-state index in [1.165, 1.54) is 19.2 Å². The predicted molar refractivity (Wildman–Crippen MR) is 141 cm³/mol. The molecular weight excluding hydrogens is 580 g/mol. The molecule has 3 heterocycles. The molecule has 5 rings (SSSR count). The summed E-state index contributed by atoms with van der Waals surface area (Å²) in [5.41, 5.74) is -3.25. The number of hydrogen-bond acceptors (Lipinski definition) is 16. The minimum Gasteiger partial charge on any atom is -0.507 e. The Bertz CT molecular complexity index is 1540. The van der Waals surface area contributed by atoms with E-state index in [2.05, 4.69) is 0 Å². The molecule has 234 valence electrons. The van der Waals surface area contributed by atoms with Crippen molar-refractivity contribution in [2.45, 2.75) is 48.7 Å². The van der Waals surface area contributed by atoms with Crippen LogP contribution in [0.15, 0.2) is 39.5 Å². The zero-order valence-corrected chi connectivity index (χ0v) is 22.4. The van der Waals surface area contributed by atoms with Crippen molar-refractivity contribution in [2.75, 3.05) is 26.9 Å². The van der Waals surface area contributed by atoms with Crippen molar-refractivity contribution in [2.24, 2.45) is 0 Å². The first-order chi connectivity index (χ1) is 20.4. The third kappa shape index (κ3) is 5.44. The maximum Gasteiger partial charge on any atom is 0.239 e. The van der Waals surface area contributed by atoms with E-state index in [1.54, 1.807) is 0 Å². The van der Waals surface area contributed by atoms with E-state index in [9.17, 15) is 50.8 Å². The number of aliphatic hydroxyl groups excluding tert-OH is 5. The number of phenols is 3. The molecule has 0 spiro atoms. The van der Waals surface area contributed by atoms with Gasteiger partial charge in [0, 0.05) is 17.7 Å². The molecule has 2 aromatic carbocycles. The monoisotopic (exact) mass is 610 g/mol. The van der Waals surface area contributed by atoms with Gasteiger partial charge in [0.15, 0.2) is 29.7 Å². The number of phenolic OH excluding ortho intramolecular Hbond substituents is 3.